The lowest BCUT2D eigenvalue weighted by Gasteiger charge is -2.53. The predicted octanol–water partition coefficient (Wildman–Crippen LogP) is 3.53. The van der Waals surface area contributed by atoms with Crippen molar-refractivity contribution in [3.63, 3.8) is 0 Å². The molecule has 0 atom stereocenters. The number of carbonyl (C=O) groups excluding carboxylic acids is 1. The largest absolute Gasteiger partial charge is 0.380 e. The van der Waals surface area contributed by atoms with Crippen molar-refractivity contribution in [2.24, 2.45) is 12.5 Å². The van der Waals surface area contributed by atoms with Crippen molar-refractivity contribution >= 4 is 16.8 Å². The van der Waals surface area contributed by atoms with Crippen molar-refractivity contribution in [2.75, 3.05) is 13.2 Å². The van der Waals surface area contributed by atoms with Crippen LogP contribution < -0.4 is 5.32 Å². The molecule has 1 aliphatic heterocycles. The average molecular weight is 440 g/mol. The maximum absolute atomic E-state index is 13.2. The molecule has 166 valence electrons. The van der Waals surface area contributed by atoms with Gasteiger partial charge in [0.2, 0.25) is 0 Å². The zero-order valence-corrected chi connectivity index (χ0v) is 18.5. The zero-order chi connectivity index (χ0) is 22.4. The molecule has 1 amide bonds. The average Bonchev–Trinajstić information content (AvgIpc) is 3.20. The second-order valence-electron chi connectivity index (χ2n) is 9.39. The fraction of sp³-hybridized carbons (Fsp3) is 0.308. The Bertz CT molecular complexity index is 1330. The molecular weight excluding hydrogens is 414 g/mol. The molecule has 3 aromatic heterocycles. The number of fused-ring (bicyclic) bond motifs is 1. The van der Waals surface area contributed by atoms with Crippen LogP contribution in [0.5, 0.6) is 0 Å². The number of nitrogens with zero attached hydrogens (tertiary/aromatic N) is 4. The molecule has 2 aliphatic rings. The third-order valence-corrected chi connectivity index (χ3v) is 6.73. The smallest absolute Gasteiger partial charge is 0.253 e. The van der Waals surface area contributed by atoms with E-state index in [1.54, 1.807) is 10.9 Å². The lowest BCUT2D eigenvalue weighted by molar-refractivity contribution is -0.165. The number of ether oxygens (including phenoxy) is 1. The summed E-state index contributed by atoms with van der Waals surface area (Å²) < 4.78 is 7.12. The summed E-state index contributed by atoms with van der Waals surface area (Å²) in [6.45, 7) is 1.65. The zero-order valence-electron chi connectivity index (χ0n) is 18.5. The SMILES string of the molecule is Cn1ccc(-c2ccc(Cc3cc(C(=O)NC4CC5(COC5)C4)c4ncccc4c3)cn2)n1. The topological polar surface area (TPSA) is 81.9 Å². The van der Waals surface area contributed by atoms with Crippen molar-refractivity contribution in [3.05, 3.63) is 77.7 Å². The van der Waals surface area contributed by atoms with Crippen LogP contribution in [-0.4, -0.2) is 44.9 Å². The monoisotopic (exact) mass is 439 g/mol. The first-order valence-electron chi connectivity index (χ1n) is 11.3. The van der Waals surface area contributed by atoms with Crippen LogP contribution in [0.1, 0.15) is 34.3 Å². The minimum absolute atomic E-state index is 0.0516. The minimum atomic E-state index is -0.0516. The summed E-state index contributed by atoms with van der Waals surface area (Å²) in [5.41, 5.74) is 5.52. The molecule has 33 heavy (non-hydrogen) atoms. The summed E-state index contributed by atoms with van der Waals surface area (Å²) >= 11 is 0. The molecule has 0 bridgehead atoms. The summed E-state index contributed by atoms with van der Waals surface area (Å²) in [5, 5.41) is 8.59. The molecule has 1 aliphatic carbocycles. The Kier molecular flexibility index (Phi) is 4.73. The molecule has 1 saturated carbocycles. The van der Waals surface area contributed by atoms with Crippen LogP contribution in [0.2, 0.25) is 0 Å². The van der Waals surface area contributed by atoms with Crippen LogP contribution in [0.3, 0.4) is 0 Å². The summed E-state index contributed by atoms with van der Waals surface area (Å²) in [6.07, 6.45) is 8.21. The Morgan fingerprint density at radius 2 is 2.00 bits per heavy atom. The molecule has 6 rings (SSSR count). The summed E-state index contributed by atoms with van der Waals surface area (Å²) in [5.74, 6) is -0.0516. The molecule has 1 saturated heterocycles. The normalized spacial score (nSPS) is 17.0. The molecule has 0 radical (unpaired) electrons. The molecule has 4 aromatic rings. The molecular formula is C26H25N5O2. The number of rotatable bonds is 5. The molecule has 0 unspecified atom stereocenters. The van der Waals surface area contributed by atoms with Gasteiger partial charge in [0.25, 0.3) is 5.91 Å². The first kappa shape index (κ1) is 20.1. The van der Waals surface area contributed by atoms with E-state index < -0.39 is 0 Å². The second kappa shape index (κ2) is 7.78. The Balaban J connectivity index is 1.24. The van der Waals surface area contributed by atoms with Gasteiger partial charge in [0.15, 0.2) is 0 Å². The number of pyridine rings is 2. The van der Waals surface area contributed by atoms with Crippen molar-refractivity contribution < 1.29 is 9.53 Å². The number of benzene rings is 1. The molecule has 7 heteroatoms. The molecule has 4 heterocycles. The van der Waals surface area contributed by atoms with Gasteiger partial charge in [-0.1, -0.05) is 12.1 Å². The van der Waals surface area contributed by atoms with Crippen LogP contribution >= 0.6 is 0 Å². The number of aromatic nitrogens is 4. The number of amides is 1. The number of nitrogens with one attached hydrogen (secondary N) is 1. The molecule has 1 N–H and O–H groups in total. The highest BCUT2D eigenvalue weighted by molar-refractivity contribution is 6.06. The van der Waals surface area contributed by atoms with Crippen molar-refractivity contribution in [1.29, 1.82) is 0 Å². The highest BCUT2D eigenvalue weighted by Crippen LogP contribution is 2.46. The van der Waals surface area contributed by atoms with E-state index in [1.165, 1.54) is 0 Å². The van der Waals surface area contributed by atoms with E-state index >= 15 is 0 Å². The van der Waals surface area contributed by atoms with Crippen LogP contribution in [0.4, 0.5) is 0 Å². The van der Waals surface area contributed by atoms with Crippen LogP contribution in [0, 0.1) is 5.41 Å². The van der Waals surface area contributed by atoms with E-state index in [0.717, 1.165) is 59.5 Å². The maximum atomic E-state index is 13.2. The minimum Gasteiger partial charge on any atom is -0.380 e. The molecule has 1 aromatic carbocycles. The Hall–Kier alpha value is -3.58. The summed E-state index contributed by atoms with van der Waals surface area (Å²) in [4.78, 5) is 22.3. The first-order valence-corrected chi connectivity index (χ1v) is 11.3. The fourth-order valence-electron chi connectivity index (χ4n) is 4.97. The Morgan fingerprint density at radius 1 is 1.12 bits per heavy atom. The highest BCUT2D eigenvalue weighted by atomic mass is 16.5. The van der Waals surface area contributed by atoms with E-state index in [0.29, 0.717) is 17.4 Å². The quantitative estimate of drug-likeness (QED) is 0.515. The van der Waals surface area contributed by atoms with Gasteiger partial charge in [-0.05, 0) is 60.7 Å². The van der Waals surface area contributed by atoms with E-state index in [-0.39, 0.29) is 11.9 Å². The fourth-order valence-corrected chi connectivity index (χ4v) is 4.97. The standard InChI is InChI=1S/C26H25N5O2/c1-31-8-6-23(30-31)22-5-4-17(14-28-22)9-18-10-19-3-2-7-27-24(19)21(11-18)25(32)29-20-12-26(13-20)15-33-16-26/h2-8,10-11,14,20H,9,12-13,15-16H2,1H3,(H,29,32). The lowest BCUT2D eigenvalue weighted by Crippen LogP contribution is -2.59. The van der Waals surface area contributed by atoms with Crippen molar-refractivity contribution in [2.45, 2.75) is 25.3 Å². The van der Waals surface area contributed by atoms with Gasteiger partial charge in [0, 0.05) is 42.5 Å². The third-order valence-electron chi connectivity index (χ3n) is 6.73. The summed E-state index contributed by atoms with van der Waals surface area (Å²) in [6, 6.07) is 14.2. The van der Waals surface area contributed by atoms with Crippen LogP contribution in [0.25, 0.3) is 22.3 Å². The van der Waals surface area contributed by atoms with Gasteiger partial charge < -0.3 is 10.1 Å². The van der Waals surface area contributed by atoms with Gasteiger partial charge in [0.1, 0.15) is 5.69 Å². The number of carbonyl (C=O) groups is 1. The van der Waals surface area contributed by atoms with Crippen molar-refractivity contribution in [1.82, 2.24) is 25.1 Å². The van der Waals surface area contributed by atoms with Crippen molar-refractivity contribution in [3.8, 4) is 11.4 Å². The van der Waals surface area contributed by atoms with Gasteiger partial charge in [-0.15, -0.1) is 0 Å². The number of aryl methyl sites for hydroxylation is 1. The molecule has 7 nitrogen and oxygen atoms in total. The van der Waals surface area contributed by atoms with E-state index in [1.807, 2.05) is 49.8 Å². The van der Waals surface area contributed by atoms with Gasteiger partial charge in [-0.25, -0.2) is 0 Å². The van der Waals surface area contributed by atoms with E-state index in [9.17, 15) is 4.79 Å². The van der Waals surface area contributed by atoms with Gasteiger partial charge >= 0.3 is 0 Å². The first-order chi connectivity index (χ1) is 16.1. The number of hydrogen-bond acceptors (Lipinski definition) is 5. The maximum Gasteiger partial charge on any atom is 0.253 e. The lowest BCUT2D eigenvalue weighted by atomic mass is 9.64. The van der Waals surface area contributed by atoms with Crippen LogP contribution in [0.15, 0.2) is 61.1 Å². The highest BCUT2D eigenvalue weighted by Gasteiger charge is 2.50. The number of hydrogen-bond donors (Lipinski definition) is 1. The van der Waals surface area contributed by atoms with Gasteiger partial charge in [-0.2, -0.15) is 5.10 Å². The van der Waals surface area contributed by atoms with Crippen LogP contribution in [-0.2, 0) is 18.2 Å². The van der Waals surface area contributed by atoms with E-state index in [4.69, 9.17) is 4.74 Å². The van der Waals surface area contributed by atoms with Gasteiger partial charge in [0.05, 0.1) is 30.0 Å². The third kappa shape index (κ3) is 3.78. The van der Waals surface area contributed by atoms with E-state index in [2.05, 4.69) is 32.5 Å². The Morgan fingerprint density at radius 3 is 2.70 bits per heavy atom. The van der Waals surface area contributed by atoms with Gasteiger partial charge in [-0.3, -0.25) is 19.4 Å². The predicted molar refractivity (Wildman–Crippen MR) is 125 cm³/mol. The second-order valence-corrected chi connectivity index (χ2v) is 9.39. The summed E-state index contributed by atoms with van der Waals surface area (Å²) in [7, 11) is 1.89. The molecule has 2 fully saturated rings. The Labute approximate surface area is 191 Å². The molecule has 1 spiro atoms.